The van der Waals surface area contributed by atoms with Crippen LogP contribution >= 0.6 is 23.2 Å². The van der Waals surface area contributed by atoms with Gasteiger partial charge in [0, 0.05) is 25.8 Å². The van der Waals surface area contributed by atoms with Gasteiger partial charge < -0.3 is 5.32 Å². The fraction of sp³-hybridized carbons (Fsp3) is 0.500. The lowest BCUT2D eigenvalue weighted by molar-refractivity contribution is 0.262. The van der Waals surface area contributed by atoms with Gasteiger partial charge in [-0.15, -0.1) is 0 Å². The van der Waals surface area contributed by atoms with Crippen molar-refractivity contribution in [2.75, 3.05) is 24.7 Å². The fourth-order valence-corrected chi connectivity index (χ4v) is 4.68. The second kappa shape index (κ2) is 7.71. The van der Waals surface area contributed by atoms with Crippen molar-refractivity contribution in [2.45, 2.75) is 32.4 Å². The number of anilines is 2. The number of piperidine rings is 1. The Hall–Kier alpha value is -1.95. The van der Waals surface area contributed by atoms with Crippen molar-refractivity contribution in [1.29, 1.82) is 0 Å². The minimum atomic E-state index is -3.16. The highest BCUT2D eigenvalue weighted by molar-refractivity contribution is 7.88. The van der Waals surface area contributed by atoms with E-state index in [4.69, 9.17) is 23.2 Å². The number of aryl methyl sites for hydroxylation is 1. The molecule has 0 aromatic carbocycles. The molecule has 0 unspecified atom stereocenters. The molecule has 3 aromatic heterocycles. The summed E-state index contributed by atoms with van der Waals surface area (Å²) in [4.78, 5) is 8.77. The van der Waals surface area contributed by atoms with Crippen LogP contribution in [0.3, 0.4) is 0 Å². The molecule has 1 aliphatic heterocycles. The molecule has 4 rings (SSSR count). The van der Waals surface area contributed by atoms with Crippen LogP contribution in [0.2, 0.25) is 10.3 Å². The zero-order valence-electron chi connectivity index (χ0n) is 15.9. The molecule has 4 heterocycles. The molecule has 3 aromatic rings. The third kappa shape index (κ3) is 4.04. The fourth-order valence-electron chi connectivity index (χ4n) is 3.40. The van der Waals surface area contributed by atoms with Crippen LogP contribution in [0.1, 0.15) is 25.8 Å². The first-order valence-corrected chi connectivity index (χ1v) is 11.7. The Bertz CT molecular complexity index is 1150. The van der Waals surface area contributed by atoms with Gasteiger partial charge in [0.15, 0.2) is 16.0 Å². The Kier molecular flexibility index (Phi) is 5.40. The Morgan fingerprint density at radius 1 is 1.21 bits per heavy atom. The first-order chi connectivity index (χ1) is 13.8. The Morgan fingerprint density at radius 3 is 2.59 bits per heavy atom. The van der Waals surface area contributed by atoms with Gasteiger partial charge in [-0.3, -0.25) is 4.68 Å². The first-order valence-electron chi connectivity index (χ1n) is 9.12. The SMILES string of the molecule is CCn1nc(Cl)c2cnc(Nc3cn(C4CCN(S(C)(=O)=O)CC4)nc3Cl)nc21. The lowest BCUT2D eigenvalue weighted by Gasteiger charge is -2.30. The van der Waals surface area contributed by atoms with E-state index in [1.54, 1.807) is 21.8 Å². The van der Waals surface area contributed by atoms with Crippen molar-refractivity contribution < 1.29 is 8.42 Å². The van der Waals surface area contributed by atoms with E-state index in [0.717, 1.165) is 0 Å². The van der Waals surface area contributed by atoms with Crippen LogP contribution in [-0.2, 0) is 16.6 Å². The van der Waals surface area contributed by atoms with Crippen LogP contribution in [0.4, 0.5) is 11.6 Å². The van der Waals surface area contributed by atoms with Crippen LogP contribution in [0.15, 0.2) is 12.4 Å². The van der Waals surface area contributed by atoms with Crippen molar-refractivity contribution in [1.82, 2.24) is 33.8 Å². The average molecular weight is 459 g/mol. The van der Waals surface area contributed by atoms with E-state index in [2.05, 4.69) is 25.5 Å². The number of nitrogens with zero attached hydrogens (tertiary/aromatic N) is 7. The molecule has 1 saturated heterocycles. The summed E-state index contributed by atoms with van der Waals surface area (Å²) in [7, 11) is -3.16. The molecule has 0 radical (unpaired) electrons. The summed E-state index contributed by atoms with van der Waals surface area (Å²) in [5.74, 6) is 0.358. The summed E-state index contributed by atoms with van der Waals surface area (Å²) >= 11 is 12.4. The lowest BCUT2D eigenvalue weighted by atomic mass is 10.1. The standard InChI is InChI=1S/C16H20Cl2N8O2S/c1-3-25-15-11(13(17)22-25)8-19-16(21-15)20-12-9-26(23-14(12)18)10-4-6-24(7-5-10)29(2,27)28/h8-10H,3-7H2,1-2H3,(H,19,20,21). The zero-order valence-corrected chi connectivity index (χ0v) is 18.2. The summed E-state index contributed by atoms with van der Waals surface area (Å²) in [5, 5.41) is 13.0. The molecular weight excluding hydrogens is 439 g/mol. The maximum atomic E-state index is 11.7. The third-order valence-corrected chi connectivity index (χ3v) is 6.80. The van der Waals surface area contributed by atoms with Gasteiger partial charge in [0.2, 0.25) is 16.0 Å². The molecule has 0 spiro atoms. The number of aromatic nitrogens is 6. The summed E-state index contributed by atoms with van der Waals surface area (Å²) in [6.45, 7) is 3.51. The molecule has 29 heavy (non-hydrogen) atoms. The monoisotopic (exact) mass is 458 g/mol. The largest absolute Gasteiger partial charge is 0.320 e. The third-order valence-electron chi connectivity index (χ3n) is 4.94. The lowest BCUT2D eigenvalue weighted by Crippen LogP contribution is -2.38. The number of rotatable bonds is 5. The molecule has 0 atom stereocenters. The van der Waals surface area contributed by atoms with Gasteiger partial charge in [0.05, 0.1) is 29.6 Å². The summed E-state index contributed by atoms with van der Waals surface area (Å²) in [6.07, 6.45) is 5.98. The number of hydrogen-bond acceptors (Lipinski definition) is 7. The highest BCUT2D eigenvalue weighted by Crippen LogP contribution is 2.30. The van der Waals surface area contributed by atoms with Crippen LogP contribution < -0.4 is 5.32 Å². The van der Waals surface area contributed by atoms with Crippen LogP contribution in [-0.4, -0.2) is 61.6 Å². The summed E-state index contributed by atoms with van der Waals surface area (Å²) in [6, 6.07) is 0.0739. The van der Waals surface area contributed by atoms with Gasteiger partial charge in [-0.05, 0) is 19.8 Å². The van der Waals surface area contributed by atoms with Gasteiger partial charge in [-0.2, -0.15) is 15.2 Å². The van der Waals surface area contributed by atoms with Gasteiger partial charge >= 0.3 is 0 Å². The van der Waals surface area contributed by atoms with Crippen molar-refractivity contribution >= 4 is 55.9 Å². The second-order valence-electron chi connectivity index (χ2n) is 6.87. The molecular formula is C16H20Cl2N8O2S. The van der Waals surface area contributed by atoms with Gasteiger partial charge in [-0.1, -0.05) is 23.2 Å². The maximum Gasteiger partial charge on any atom is 0.229 e. The van der Waals surface area contributed by atoms with E-state index in [1.807, 2.05) is 6.92 Å². The molecule has 1 fully saturated rings. The van der Waals surface area contributed by atoms with Crippen molar-refractivity contribution in [3.63, 3.8) is 0 Å². The quantitative estimate of drug-likeness (QED) is 0.625. The predicted octanol–water partition coefficient (Wildman–Crippen LogP) is 2.69. The van der Waals surface area contributed by atoms with E-state index in [-0.39, 0.29) is 6.04 Å². The van der Waals surface area contributed by atoms with E-state index in [1.165, 1.54) is 10.6 Å². The Morgan fingerprint density at radius 2 is 1.93 bits per heavy atom. The van der Waals surface area contributed by atoms with Gasteiger partial charge in [0.1, 0.15) is 0 Å². The molecule has 0 aliphatic carbocycles. The topological polar surface area (TPSA) is 111 Å². The molecule has 0 bridgehead atoms. The van der Waals surface area contributed by atoms with Crippen LogP contribution in [0.5, 0.6) is 0 Å². The molecule has 13 heteroatoms. The zero-order chi connectivity index (χ0) is 20.8. The first kappa shape index (κ1) is 20.3. The number of hydrogen-bond donors (Lipinski definition) is 1. The Labute approximate surface area is 177 Å². The average Bonchev–Trinajstić information content (AvgIpc) is 3.21. The smallest absolute Gasteiger partial charge is 0.229 e. The molecule has 0 saturated carbocycles. The second-order valence-corrected chi connectivity index (χ2v) is 9.57. The summed E-state index contributed by atoms with van der Waals surface area (Å²) in [5.41, 5.74) is 1.21. The number of fused-ring (bicyclic) bond motifs is 1. The Balaban J connectivity index is 1.52. The van der Waals surface area contributed by atoms with E-state index >= 15 is 0 Å². The highest BCUT2D eigenvalue weighted by atomic mass is 35.5. The molecule has 0 amide bonds. The molecule has 1 N–H and O–H groups in total. The summed E-state index contributed by atoms with van der Waals surface area (Å²) < 4.78 is 28.3. The highest BCUT2D eigenvalue weighted by Gasteiger charge is 2.27. The molecule has 10 nitrogen and oxygen atoms in total. The van der Waals surface area contributed by atoms with Crippen LogP contribution in [0.25, 0.3) is 11.0 Å². The van der Waals surface area contributed by atoms with E-state index < -0.39 is 10.0 Å². The predicted molar refractivity (Wildman–Crippen MR) is 111 cm³/mol. The van der Waals surface area contributed by atoms with E-state index in [0.29, 0.717) is 65.5 Å². The van der Waals surface area contributed by atoms with Gasteiger partial charge in [-0.25, -0.2) is 22.4 Å². The maximum absolute atomic E-state index is 11.7. The van der Waals surface area contributed by atoms with Gasteiger partial charge in [0.25, 0.3) is 0 Å². The van der Waals surface area contributed by atoms with Crippen molar-refractivity contribution in [3.8, 4) is 0 Å². The number of sulfonamides is 1. The normalized spacial score (nSPS) is 16.6. The van der Waals surface area contributed by atoms with Crippen molar-refractivity contribution in [2.24, 2.45) is 0 Å². The van der Waals surface area contributed by atoms with Crippen molar-refractivity contribution in [3.05, 3.63) is 22.7 Å². The van der Waals surface area contributed by atoms with E-state index in [9.17, 15) is 8.42 Å². The van der Waals surface area contributed by atoms with Crippen LogP contribution in [0, 0.1) is 0 Å². The number of nitrogens with one attached hydrogen (secondary N) is 1. The molecule has 156 valence electrons. The molecule has 1 aliphatic rings. The minimum Gasteiger partial charge on any atom is -0.320 e. The number of halogens is 2. The minimum absolute atomic E-state index is 0.0739.